The maximum Gasteiger partial charge on any atom is 0.220 e. The first-order valence-corrected chi connectivity index (χ1v) is 8.26. The molecule has 1 aromatic rings. The molecule has 114 valence electrons. The van der Waals surface area contributed by atoms with Crippen LogP contribution in [0.25, 0.3) is 0 Å². The van der Waals surface area contributed by atoms with Gasteiger partial charge >= 0.3 is 0 Å². The van der Waals surface area contributed by atoms with E-state index in [9.17, 15) is 4.79 Å². The maximum absolute atomic E-state index is 12.0. The molecule has 3 nitrogen and oxygen atoms in total. The number of carbonyl (C=O) groups is 1. The first-order chi connectivity index (χ1) is 10.2. The molecule has 1 N–H and O–H groups in total. The Hall–Kier alpha value is -1.35. The average Bonchev–Trinajstić information content (AvgIpc) is 2.43. The number of nitrogens with one attached hydrogen (secondary N) is 1. The largest absolute Gasteiger partial charge is 0.355 e. The van der Waals surface area contributed by atoms with Crippen molar-refractivity contribution in [2.24, 2.45) is 5.92 Å². The highest BCUT2D eigenvalue weighted by Crippen LogP contribution is 2.30. The molecule has 2 aliphatic rings. The van der Waals surface area contributed by atoms with Crippen molar-refractivity contribution in [2.75, 3.05) is 13.6 Å². The van der Waals surface area contributed by atoms with E-state index in [4.69, 9.17) is 0 Å². The van der Waals surface area contributed by atoms with Crippen LogP contribution in [0.4, 0.5) is 0 Å². The van der Waals surface area contributed by atoms with Crippen LogP contribution in [0.5, 0.6) is 0 Å². The fraction of sp³-hybridized carbons (Fsp3) is 0.611. The topological polar surface area (TPSA) is 32.3 Å². The summed E-state index contributed by atoms with van der Waals surface area (Å²) in [5.41, 5.74) is 2.86. The molecule has 0 spiro atoms. The quantitative estimate of drug-likeness (QED) is 0.902. The third-order valence-electron chi connectivity index (χ3n) is 5.16. The smallest absolute Gasteiger partial charge is 0.220 e. The van der Waals surface area contributed by atoms with Crippen molar-refractivity contribution in [3.63, 3.8) is 0 Å². The van der Waals surface area contributed by atoms with Crippen LogP contribution in [0, 0.1) is 5.92 Å². The van der Waals surface area contributed by atoms with Gasteiger partial charge in [0, 0.05) is 25.6 Å². The number of hydrogen-bond donors (Lipinski definition) is 1. The van der Waals surface area contributed by atoms with E-state index in [-0.39, 0.29) is 5.91 Å². The Bertz CT molecular complexity index is 496. The van der Waals surface area contributed by atoms with Gasteiger partial charge in [0.25, 0.3) is 0 Å². The van der Waals surface area contributed by atoms with Gasteiger partial charge in [0.15, 0.2) is 0 Å². The van der Waals surface area contributed by atoms with Gasteiger partial charge in [0.2, 0.25) is 5.91 Å². The molecule has 0 bridgehead atoms. The molecule has 1 fully saturated rings. The summed E-state index contributed by atoms with van der Waals surface area (Å²) in [7, 11) is 2.15. The Morgan fingerprint density at radius 1 is 1.29 bits per heavy atom. The van der Waals surface area contributed by atoms with Crippen LogP contribution >= 0.6 is 0 Å². The summed E-state index contributed by atoms with van der Waals surface area (Å²) in [5.74, 6) is 1.05. The highest BCUT2D eigenvalue weighted by molar-refractivity contribution is 5.75. The molecule has 3 heteroatoms. The van der Waals surface area contributed by atoms with Crippen LogP contribution < -0.4 is 5.32 Å². The Morgan fingerprint density at radius 3 is 2.76 bits per heavy atom. The number of amides is 1. The van der Waals surface area contributed by atoms with Gasteiger partial charge in [-0.3, -0.25) is 9.69 Å². The minimum Gasteiger partial charge on any atom is -0.355 e. The van der Waals surface area contributed by atoms with E-state index in [1.165, 1.54) is 30.4 Å². The number of nitrogens with zero attached hydrogens (tertiary/aromatic N) is 1. The van der Waals surface area contributed by atoms with Crippen LogP contribution in [0.1, 0.15) is 43.2 Å². The van der Waals surface area contributed by atoms with Gasteiger partial charge in [-0.2, -0.15) is 0 Å². The van der Waals surface area contributed by atoms with Gasteiger partial charge < -0.3 is 5.32 Å². The predicted octanol–water partition coefficient (Wildman–Crippen LogP) is 2.74. The lowest BCUT2D eigenvalue weighted by Crippen LogP contribution is -2.45. The van der Waals surface area contributed by atoms with Crippen molar-refractivity contribution in [1.82, 2.24) is 10.2 Å². The van der Waals surface area contributed by atoms with E-state index >= 15 is 0 Å². The van der Waals surface area contributed by atoms with Crippen molar-refractivity contribution in [3.8, 4) is 0 Å². The fourth-order valence-corrected chi connectivity index (χ4v) is 3.38. The van der Waals surface area contributed by atoms with Crippen LogP contribution in [0.15, 0.2) is 24.3 Å². The second kappa shape index (κ2) is 6.61. The number of hydrogen-bond acceptors (Lipinski definition) is 2. The van der Waals surface area contributed by atoms with Gasteiger partial charge in [0.05, 0.1) is 0 Å². The minimum atomic E-state index is 0.231. The summed E-state index contributed by atoms with van der Waals surface area (Å²) in [6.45, 7) is 1.76. The van der Waals surface area contributed by atoms with Gasteiger partial charge in [-0.05, 0) is 36.9 Å². The molecule has 3 rings (SSSR count). The van der Waals surface area contributed by atoms with Gasteiger partial charge in [-0.15, -0.1) is 0 Å². The summed E-state index contributed by atoms with van der Waals surface area (Å²) in [6, 6.07) is 9.06. The Labute approximate surface area is 127 Å². The first kappa shape index (κ1) is 14.6. The second-order valence-corrected chi connectivity index (χ2v) is 6.68. The van der Waals surface area contributed by atoms with Crippen molar-refractivity contribution in [2.45, 2.75) is 51.1 Å². The maximum atomic E-state index is 12.0. The van der Waals surface area contributed by atoms with E-state index in [1.807, 2.05) is 0 Å². The molecule has 1 saturated carbocycles. The summed E-state index contributed by atoms with van der Waals surface area (Å²) in [6.07, 6.45) is 6.84. The lowest BCUT2D eigenvalue weighted by atomic mass is 9.82. The van der Waals surface area contributed by atoms with E-state index in [2.05, 4.69) is 41.5 Å². The molecule has 0 unspecified atom stereocenters. The lowest BCUT2D eigenvalue weighted by molar-refractivity contribution is -0.121. The zero-order chi connectivity index (χ0) is 14.7. The highest BCUT2D eigenvalue weighted by Gasteiger charge is 2.23. The third-order valence-corrected chi connectivity index (χ3v) is 5.16. The molecule has 1 aromatic carbocycles. The van der Waals surface area contributed by atoms with E-state index < -0.39 is 0 Å². The standard InChI is InChI=1S/C18H26N2O/c1-20-13-16-8-3-2-7-15(16)11-17(20)12-19-18(21)10-9-14-5-4-6-14/h2-3,7-8,14,17H,4-6,9-13H2,1H3,(H,19,21)/t17-/m1/s1. The average molecular weight is 286 g/mol. The second-order valence-electron chi connectivity index (χ2n) is 6.68. The van der Waals surface area contributed by atoms with Gasteiger partial charge in [-0.25, -0.2) is 0 Å². The molecule has 1 atom stereocenters. The summed E-state index contributed by atoms with van der Waals surface area (Å²) in [5, 5.41) is 3.14. The number of benzene rings is 1. The molecule has 1 amide bonds. The van der Waals surface area contributed by atoms with Crippen LogP contribution in [0.2, 0.25) is 0 Å². The zero-order valence-electron chi connectivity index (χ0n) is 13.0. The van der Waals surface area contributed by atoms with Crippen LogP contribution in [0.3, 0.4) is 0 Å². The Balaban J connectivity index is 1.45. The minimum absolute atomic E-state index is 0.231. The van der Waals surface area contributed by atoms with Crippen molar-refractivity contribution in [3.05, 3.63) is 35.4 Å². The SMILES string of the molecule is CN1Cc2ccccc2C[C@@H]1CNC(=O)CCC1CCC1. The first-order valence-electron chi connectivity index (χ1n) is 8.26. The van der Waals surface area contributed by atoms with Crippen LogP contribution in [-0.2, 0) is 17.8 Å². The number of fused-ring (bicyclic) bond motifs is 1. The molecular weight excluding hydrogens is 260 g/mol. The molecule has 21 heavy (non-hydrogen) atoms. The molecule has 1 aliphatic heterocycles. The van der Waals surface area contributed by atoms with Crippen LogP contribution in [-0.4, -0.2) is 30.4 Å². The Morgan fingerprint density at radius 2 is 2.05 bits per heavy atom. The molecule has 0 aromatic heterocycles. The molecule has 0 radical (unpaired) electrons. The molecular formula is C18H26N2O. The van der Waals surface area contributed by atoms with Crippen molar-refractivity contribution >= 4 is 5.91 Å². The van der Waals surface area contributed by atoms with E-state index in [0.29, 0.717) is 12.5 Å². The molecule has 1 heterocycles. The van der Waals surface area contributed by atoms with E-state index in [0.717, 1.165) is 31.8 Å². The lowest BCUT2D eigenvalue weighted by Gasteiger charge is -2.34. The predicted molar refractivity (Wildman–Crippen MR) is 85.0 cm³/mol. The van der Waals surface area contributed by atoms with Crippen molar-refractivity contribution in [1.29, 1.82) is 0 Å². The third kappa shape index (κ3) is 3.65. The van der Waals surface area contributed by atoms with Gasteiger partial charge in [-0.1, -0.05) is 43.5 Å². The van der Waals surface area contributed by atoms with Gasteiger partial charge in [0.1, 0.15) is 0 Å². The summed E-state index contributed by atoms with van der Waals surface area (Å²) < 4.78 is 0. The highest BCUT2D eigenvalue weighted by atomic mass is 16.1. The monoisotopic (exact) mass is 286 g/mol. The number of likely N-dealkylation sites (N-methyl/N-ethyl adjacent to an activating group) is 1. The summed E-state index contributed by atoms with van der Waals surface area (Å²) in [4.78, 5) is 14.3. The molecule has 0 saturated heterocycles. The number of rotatable bonds is 5. The fourth-order valence-electron chi connectivity index (χ4n) is 3.38. The Kier molecular flexibility index (Phi) is 4.59. The molecule has 1 aliphatic carbocycles. The number of carbonyl (C=O) groups excluding carboxylic acids is 1. The summed E-state index contributed by atoms with van der Waals surface area (Å²) >= 11 is 0. The van der Waals surface area contributed by atoms with Crippen molar-refractivity contribution < 1.29 is 4.79 Å². The zero-order valence-corrected chi connectivity index (χ0v) is 13.0. The van der Waals surface area contributed by atoms with E-state index in [1.54, 1.807) is 0 Å². The normalized spacial score (nSPS) is 22.4.